The SMILES string of the molecule is O=C(O)c1ccc(Nc2nc(O)c(/C=C3/C=Nc4ccccc43)s2)cc1. The molecule has 1 aliphatic rings. The highest BCUT2D eigenvalue weighted by Gasteiger charge is 2.14. The molecule has 1 aliphatic heterocycles. The van der Waals surface area contributed by atoms with Crippen LogP contribution in [-0.2, 0) is 0 Å². The Morgan fingerprint density at radius 3 is 2.65 bits per heavy atom. The van der Waals surface area contributed by atoms with Crippen molar-refractivity contribution >= 4 is 51.7 Å². The highest BCUT2D eigenvalue weighted by atomic mass is 32.1. The van der Waals surface area contributed by atoms with Crippen molar-refractivity contribution in [2.24, 2.45) is 4.99 Å². The zero-order valence-electron chi connectivity index (χ0n) is 13.4. The summed E-state index contributed by atoms with van der Waals surface area (Å²) in [6, 6.07) is 14.1. The van der Waals surface area contributed by atoms with E-state index in [1.54, 1.807) is 18.3 Å². The molecule has 0 saturated heterocycles. The lowest BCUT2D eigenvalue weighted by molar-refractivity contribution is 0.0697. The number of hydrogen-bond acceptors (Lipinski definition) is 6. The topological polar surface area (TPSA) is 94.8 Å². The normalized spacial score (nSPS) is 13.8. The van der Waals surface area contributed by atoms with E-state index in [0.717, 1.165) is 16.8 Å². The number of para-hydroxylation sites is 1. The van der Waals surface area contributed by atoms with E-state index in [-0.39, 0.29) is 11.4 Å². The highest BCUT2D eigenvalue weighted by molar-refractivity contribution is 7.16. The van der Waals surface area contributed by atoms with Crippen LogP contribution in [-0.4, -0.2) is 27.4 Å². The number of thiazole rings is 1. The summed E-state index contributed by atoms with van der Waals surface area (Å²) >= 11 is 1.30. The first-order valence-electron chi connectivity index (χ1n) is 7.75. The van der Waals surface area contributed by atoms with Crippen LogP contribution in [0.2, 0.25) is 0 Å². The lowest BCUT2D eigenvalue weighted by Crippen LogP contribution is -1.96. The maximum atomic E-state index is 10.9. The first kappa shape index (κ1) is 16.0. The monoisotopic (exact) mass is 363 g/mol. The Hall–Kier alpha value is -3.45. The summed E-state index contributed by atoms with van der Waals surface area (Å²) < 4.78 is 0. The van der Waals surface area contributed by atoms with Crippen LogP contribution in [0.25, 0.3) is 11.6 Å². The van der Waals surface area contributed by atoms with Crippen molar-refractivity contribution < 1.29 is 15.0 Å². The molecule has 3 N–H and O–H groups in total. The van der Waals surface area contributed by atoms with Gasteiger partial charge in [0.1, 0.15) is 0 Å². The van der Waals surface area contributed by atoms with Gasteiger partial charge in [-0.25, -0.2) is 4.79 Å². The van der Waals surface area contributed by atoms with Crippen LogP contribution in [0.4, 0.5) is 16.5 Å². The van der Waals surface area contributed by atoms with Crippen LogP contribution < -0.4 is 5.32 Å². The molecule has 0 spiro atoms. The fourth-order valence-electron chi connectivity index (χ4n) is 2.59. The third kappa shape index (κ3) is 3.07. The van der Waals surface area contributed by atoms with Crippen molar-refractivity contribution in [3.63, 3.8) is 0 Å². The van der Waals surface area contributed by atoms with Gasteiger partial charge in [-0.1, -0.05) is 29.5 Å². The third-order valence-electron chi connectivity index (χ3n) is 3.86. The molecule has 0 fully saturated rings. The molecule has 128 valence electrons. The number of allylic oxidation sites excluding steroid dienone is 1. The zero-order valence-corrected chi connectivity index (χ0v) is 14.2. The van der Waals surface area contributed by atoms with E-state index < -0.39 is 5.97 Å². The molecule has 6 nitrogen and oxygen atoms in total. The number of aromatic nitrogens is 1. The van der Waals surface area contributed by atoms with Gasteiger partial charge < -0.3 is 15.5 Å². The van der Waals surface area contributed by atoms with Gasteiger partial charge in [-0.05, 0) is 36.4 Å². The van der Waals surface area contributed by atoms with Crippen molar-refractivity contribution in [2.45, 2.75) is 0 Å². The summed E-state index contributed by atoms with van der Waals surface area (Å²) in [7, 11) is 0. The molecular weight excluding hydrogens is 350 g/mol. The largest absolute Gasteiger partial charge is 0.492 e. The van der Waals surface area contributed by atoms with Crippen LogP contribution >= 0.6 is 11.3 Å². The van der Waals surface area contributed by atoms with E-state index in [1.165, 1.54) is 23.5 Å². The maximum absolute atomic E-state index is 10.9. The van der Waals surface area contributed by atoms with E-state index in [2.05, 4.69) is 15.3 Å². The minimum absolute atomic E-state index is 0.0649. The summed E-state index contributed by atoms with van der Waals surface area (Å²) in [6.45, 7) is 0. The van der Waals surface area contributed by atoms with Crippen molar-refractivity contribution in [1.29, 1.82) is 0 Å². The van der Waals surface area contributed by atoms with E-state index in [0.29, 0.717) is 15.7 Å². The van der Waals surface area contributed by atoms with E-state index in [1.807, 2.05) is 30.3 Å². The van der Waals surface area contributed by atoms with E-state index >= 15 is 0 Å². The second kappa shape index (κ2) is 6.45. The Labute approximate surface area is 152 Å². The fourth-order valence-corrected chi connectivity index (χ4v) is 3.42. The number of hydrogen-bond donors (Lipinski definition) is 3. The van der Waals surface area contributed by atoms with Crippen LogP contribution in [0.1, 0.15) is 20.8 Å². The van der Waals surface area contributed by atoms with Crippen LogP contribution in [0, 0.1) is 0 Å². The number of carboxylic acid groups (broad SMARTS) is 1. The Bertz CT molecular complexity index is 1050. The smallest absolute Gasteiger partial charge is 0.335 e. The van der Waals surface area contributed by atoms with Gasteiger partial charge in [0.2, 0.25) is 5.88 Å². The van der Waals surface area contributed by atoms with Gasteiger partial charge in [0.25, 0.3) is 0 Å². The molecule has 2 heterocycles. The highest BCUT2D eigenvalue weighted by Crippen LogP contribution is 2.37. The zero-order chi connectivity index (χ0) is 18.1. The molecule has 0 bridgehead atoms. The lowest BCUT2D eigenvalue weighted by Gasteiger charge is -2.02. The van der Waals surface area contributed by atoms with Crippen LogP contribution in [0.5, 0.6) is 5.88 Å². The van der Waals surface area contributed by atoms with Gasteiger partial charge in [-0.15, -0.1) is 0 Å². The molecule has 1 aromatic heterocycles. The average Bonchev–Trinajstić information content (AvgIpc) is 3.20. The Morgan fingerprint density at radius 1 is 1.12 bits per heavy atom. The van der Waals surface area contributed by atoms with Gasteiger partial charge in [0.05, 0.1) is 16.1 Å². The summed E-state index contributed by atoms with van der Waals surface area (Å²) in [5.41, 5.74) is 3.73. The molecule has 0 atom stereocenters. The van der Waals surface area contributed by atoms with E-state index in [4.69, 9.17) is 5.11 Å². The number of fused-ring (bicyclic) bond motifs is 1. The minimum atomic E-state index is -0.976. The number of carboxylic acids is 1. The second-order valence-corrected chi connectivity index (χ2v) is 6.62. The Morgan fingerprint density at radius 2 is 1.88 bits per heavy atom. The Kier molecular flexibility index (Phi) is 3.98. The van der Waals surface area contributed by atoms with Gasteiger partial charge in [-0.3, -0.25) is 4.99 Å². The summed E-state index contributed by atoms with van der Waals surface area (Å²) in [5, 5.41) is 22.6. The molecule has 0 saturated carbocycles. The summed E-state index contributed by atoms with van der Waals surface area (Å²) in [4.78, 5) is 20.0. The number of aliphatic imine (C=N–C) groups is 1. The van der Waals surface area contributed by atoms with Gasteiger partial charge >= 0.3 is 5.97 Å². The molecule has 0 radical (unpaired) electrons. The van der Waals surface area contributed by atoms with Gasteiger partial charge in [0.15, 0.2) is 5.13 Å². The number of carbonyl (C=O) groups is 1. The van der Waals surface area contributed by atoms with Gasteiger partial charge in [0, 0.05) is 23.0 Å². The number of aromatic carboxylic acids is 1. The second-order valence-electron chi connectivity index (χ2n) is 5.59. The Balaban J connectivity index is 1.58. The van der Waals surface area contributed by atoms with Gasteiger partial charge in [-0.2, -0.15) is 4.98 Å². The van der Waals surface area contributed by atoms with Crippen molar-refractivity contribution in [3.05, 3.63) is 64.5 Å². The number of nitrogens with one attached hydrogen (secondary N) is 1. The maximum Gasteiger partial charge on any atom is 0.335 e. The number of rotatable bonds is 4. The molecule has 0 amide bonds. The van der Waals surface area contributed by atoms with Crippen molar-refractivity contribution in [2.75, 3.05) is 5.32 Å². The fraction of sp³-hybridized carbons (Fsp3) is 0. The third-order valence-corrected chi connectivity index (χ3v) is 4.77. The molecular formula is C19H13N3O3S. The van der Waals surface area contributed by atoms with Crippen molar-refractivity contribution in [3.8, 4) is 5.88 Å². The predicted octanol–water partition coefficient (Wildman–Crippen LogP) is 4.55. The standard InChI is InChI=1S/C19H13N3O3S/c23-17-16(9-12-10-20-15-4-2-1-3-14(12)15)26-19(22-17)21-13-7-5-11(6-8-13)18(24)25/h1-10,23H,(H,21,22)(H,24,25)/b12-9-. The quantitative estimate of drug-likeness (QED) is 0.632. The lowest BCUT2D eigenvalue weighted by atomic mass is 10.1. The molecule has 3 aromatic rings. The molecule has 7 heteroatoms. The summed E-state index contributed by atoms with van der Waals surface area (Å²) in [5.74, 6) is -1.04. The molecule has 0 aliphatic carbocycles. The van der Waals surface area contributed by atoms with Crippen molar-refractivity contribution in [1.82, 2.24) is 4.98 Å². The molecule has 2 aromatic carbocycles. The molecule has 26 heavy (non-hydrogen) atoms. The number of aromatic hydroxyl groups is 1. The van der Waals surface area contributed by atoms with E-state index in [9.17, 15) is 9.90 Å². The minimum Gasteiger partial charge on any atom is -0.492 e. The average molecular weight is 363 g/mol. The molecule has 0 unspecified atom stereocenters. The van der Waals surface area contributed by atoms with Crippen LogP contribution in [0.15, 0.2) is 53.5 Å². The number of benzene rings is 2. The number of nitrogens with zero attached hydrogens (tertiary/aromatic N) is 2. The predicted molar refractivity (Wildman–Crippen MR) is 103 cm³/mol. The first-order chi connectivity index (χ1) is 12.6. The van der Waals surface area contributed by atoms with Crippen LogP contribution in [0.3, 0.4) is 0 Å². The molecule has 4 rings (SSSR count). The first-order valence-corrected chi connectivity index (χ1v) is 8.57. The number of anilines is 2. The summed E-state index contributed by atoms with van der Waals surface area (Å²) in [6.07, 6.45) is 3.61.